The maximum atomic E-state index is 11.3. The van der Waals surface area contributed by atoms with Crippen LogP contribution in [0, 0.1) is 0 Å². The molecular formula is C14H17N3O2S. The van der Waals surface area contributed by atoms with Crippen LogP contribution >= 0.6 is 0 Å². The van der Waals surface area contributed by atoms with Gasteiger partial charge in [-0.05, 0) is 29.8 Å². The molecular weight excluding hydrogens is 274 g/mol. The first-order chi connectivity index (χ1) is 9.45. The lowest BCUT2D eigenvalue weighted by Gasteiger charge is -2.06. The predicted octanol–water partition coefficient (Wildman–Crippen LogP) is 1.36. The third kappa shape index (κ3) is 4.04. The Bertz CT molecular complexity index is 665. The van der Waals surface area contributed by atoms with Crippen LogP contribution < -0.4 is 11.1 Å². The number of nitrogens with zero attached hydrogens (tertiary/aromatic N) is 1. The number of pyridine rings is 1. The molecule has 6 heteroatoms. The number of nitrogens with two attached hydrogens (primary N) is 1. The topological polar surface area (TPSA) is 85.1 Å². The van der Waals surface area contributed by atoms with Gasteiger partial charge >= 0.3 is 0 Å². The molecule has 0 aliphatic carbocycles. The van der Waals surface area contributed by atoms with E-state index >= 15 is 0 Å². The number of rotatable bonds is 5. The smallest absolute Gasteiger partial charge is 0.175 e. The molecule has 0 saturated carbocycles. The lowest BCUT2D eigenvalue weighted by molar-refractivity contribution is 0.602. The van der Waals surface area contributed by atoms with Gasteiger partial charge in [0, 0.05) is 19.3 Å². The van der Waals surface area contributed by atoms with Crippen molar-refractivity contribution in [3.8, 4) is 0 Å². The van der Waals surface area contributed by atoms with Crippen molar-refractivity contribution in [2.75, 3.05) is 12.0 Å². The molecule has 0 unspecified atom stereocenters. The van der Waals surface area contributed by atoms with Crippen molar-refractivity contribution in [2.45, 2.75) is 18.0 Å². The molecule has 2 rings (SSSR count). The molecule has 1 heterocycles. The first-order valence-electron chi connectivity index (χ1n) is 6.15. The number of nitrogen functional groups attached to an aromatic ring is 1. The van der Waals surface area contributed by atoms with Gasteiger partial charge in [-0.2, -0.15) is 0 Å². The average molecular weight is 291 g/mol. The molecule has 20 heavy (non-hydrogen) atoms. The molecule has 106 valence electrons. The number of aromatic nitrogens is 1. The number of hydrogen-bond acceptors (Lipinski definition) is 5. The zero-order chi connectivity index (χ0) is 14.6. The second-order valence-corrected chi connectivity index (χ2v) is 6.62. The maximum Gasteiger partial charge on any atom is 0.175 e. The summed E-state index contributed by atoms with van der Waals surface area (Å²) < 4.78 is 22.7. The standard InChI is InChI=1S/C14H17N3O2S/c1-20(18,19)14-6-2-11(3-7-14)8-16-10-13-5-4-12(15)9-17-13/h2-7,9,16H,8,10,15H2,1H3. The number of nitrogens with one attached hydrogen (secondary N) is 1. The second kappa shape index (κ2) is 6.02. The first kappa shape index (κ1) is 14.5. The van der Waals surface area contributed by atoms with E-state index in [1.165, 1.54) is 6.26 Å². The second-order valence-electron chi connectivity index (χ2n) is 4.60. The van der Waals surface area contributed by atoms with E-state index in [1.54, 1.807) is 30.5 Å². The molecule has 1 aromatic carbocycles. The molecule has 0 aliphatic heterocycles. The van der Waals surface area contributed by atoms with Crippen LogP contribution in [0.4, 0.5) is 5.69 Å². The molecule has 0 radical (unpaired) electrons. The molecule has 5 nitrogen and oxygen atoms in total. The number of sulfone groups is 1. The van der Waals surface area contributed by atoms with Crippen LogP contribution in [0.5, 0.6) is 0 Å². The summed E-state index contributed by atoms with van der Waals surface area (Å²) in [5.41, 5.74) is 8.14. The Morgan fingerprint density at radius 2 is 1.80 bits per heavy atom. The van der Waals surface area contributed by atoms with Crippen molar-refractivity contribution in [1.29, 1.82) is 0 Å². The van der Waals surface area contributed by atoms with Gasteiger partial charge in [0.2, 0.25) is 0 Å². The Kier molecular flexibility index (Phi) is 4.36. The summed E-state index contributed by atoms with van der Waals surface area (Å²) in [5.74, 6) is 0. The van der Waals surface area contributed by atoms with Crippen molar-refractivity contribution >= 4 is 15.5 Å². The van der Waals surface area contributed by atoms with E-state index in [-0.39, 0.29) is 0 Å². The summed E-state index contributed by atoms with van der Waals surface area (Å²) in [7, 11) is -3.13. The van der Waals surface area contributed by atoms with Gasteiger partial charge in [-0.15, -0.1) is 0 Å². The molecule has 0 bridgehead atoms. The van der Waals surface area contributed by atoms with E-state index < -0.39 is 9.84 Å². The van der Waals surface area contributed by atoms with E-state index in [4.69, 9.17) is 5.73 Å². The van der Waals surface area contributed by atoms with Crippen molar-refractivity contribution in [3.63, 3.8) is 0 Å². The predicted molar refractivity (Wildman–Crippen MR) is 78.7 cm³/mol. The molecule has 3 N–H and O–H groups in total. The molecule has 0 saturated heterocycles. The Morgan fingerprint density at radius 1 is 1.10 bits per heavy atom. The lowest BCUT2D eigenvalue weighted by Crippen LogP contribution is -2.13. The van der Waals surface area contributed by atoms with E-state index in [1.807, 2.05) is 12.1 Å². The average Bonchev–Trinajstić information content (AvgIpc) is 2.41. The highest BCUT2D eigenvalue weighted by molar-refractivity contribution is 7.90. The fourth-order valence-electron chi connectivity index (χ4n) is 1.73. The van der Waals surface area contributed by atoms with Gasteiger partial charge in [0.1, 0.15) is 0 Å². The first-order valence-corrected chi connectivity index (χ1v) is 8.04. The van der Waals surface area contributed by atoms with Gasteiger partial charge in [-0.25, -0.2) is 8.42 Å². The minimum absolute atomic E-state index is 0.335. The van der Waals surface area contributed by atoms with Gasteiger partial charge < -0.3 is 11.1 Å². The van der Waals surface area contributed by atoms with Crippen molar-refractivity contribution in [3.05, 3.63) is 53.9 Å². The third-order valence-electron chi connectivity index (χ3n) is 2.83. The van der Waals surface area contributed by atoms with Gasteiger partial charge in [-0.1, -0.05) is 12.1 Å². The van der Waals surface area contributed by atoms with Crippen LogP contribution in [0.3, 0.4) is 0 Å². The van der Waals surface area contributed by atoms with Crippen molar-refractivity contribution in [2.24, 2.45) is 0 Å². The van der Waals surface area contributed by atoms with Gasteiger partial charge in [0.05, 0.1) is 22.5 Å². The van der Waals surface area contributed by atoms with Gasteiger partial charge in [-0.3, -0.25) is 4.98 Å². The molecule has 0 amide bonds. The fraction of sp³-hybridized carbons (Fsp3) is 0.214. The monoisotopic (exact) mass is 291 g/mol. The van der Waals surface area contributed by atoms with Gasteiger partial charge in [0.25, 0.3) is 0 Å². The minimum Gasteiger partial charge on any atom is -0.397 e. The number of benzene rings is 1. The highest BCUT2D eigenvalue weighted by atomic mass is 32.2. The van der Waals surface area contributed by atoms with Crippen LogP contribution in [0.25, 0.3) is 0 Å². The van der Waals surface area contributed by atoms with Crippen LogP contribution in [-0.2, 0) is 22.9 Å². The Morgan fingerprint density at radius 3 is 2.35 bits per heavy atom. The molecule has 1 aromatic heterocycles. The SMILES string of the molecule is CS(=O)(=O)c1ccc(CNCc2ccc(N)cn2)cc1. The van der Waals surface area contributed by atoms with Crippen LogP contribution in [-0.4, -0.2) is 19.7 Å². The molecule has 0 aliphatic rings. The van der Waals surface area contributed by atoms with Gasteiger partial charge in [0.15, 0.2) is 9.84 Å². The van der Waals surface area contributed by atoms with E-state index in [9.17, 15) is 8.42 Å². The van der Waals surface area contributed by atoms with E-state index in [2.05, 4.69) is 10.3 Å². The quantitative estimate of drug-likeness (QED) is 0.868. The summed E-state index contributed by atoms with van der Waals surface area (Å²) in [6.45, 7) is 1.28. The van der Waals surface area contributed by atoms with Crippen LogP contribution in [0.15, 0.2) is 47.5 Å². The zero-order valence-corrected chi connectivity index (χ0v) is 12.0. The zero-order valence-electron chi connectivity index (χ0n) is 11.2. The third-order valence-corrected chi connectivity index (χ3v) is 3.96. The Hall–Kier alpha value is -1.92. The Labute approximate surface area is 118 Å². The fourth-order valence-corrected chi connectivity index (χ4v) is 2.36. The summed E-state index contributed by atoms with van der Waals surface area (Å²) in [6, 6.07) is 10.5. The number of anilines is 1. The van der Waals surface area contributed by atoms with E-state index in [0.717, 1.165) is 11.3 Å². The summed E-state index contributed by atoms with van der Waals surface area (Å²) in [6.07, 6.45) is 2.82. The highest BCUT2D eigenvalue weighted by Crippen LogP contribution is 2.10. The van der Waals surface area contributed by atoms with E-state index in [0.29, 0.717) is 23.7 Å². The number of hydrogen-bond donors (Lipinski definition) is 2. The van der Waals surface area contributed by atoms with Crippen LogP contribution in [0.1, 0.15) is 11.3 Å². The van der Waals surface area contributed by atoms with Crippen molar-refractivity contribution < 1.29 is 8.42 Å². The normalized spacial score (nSPS) is 11.4. The molecule has 0 spiro atoms. The summed E-state index contributed by atoms with van der Waals surface area (Å²) >= 11 is 0. The summed E-state index contributed by atoms with van der Waals surface area (Å²) in [5, 5.41) is 3.24. The molecule has 2 aromatic rings. The van der Waals surface area contributed by atoms with Crippen LogP contribution in [0.2, 0.25) is 0 Å². The lowest BCUT2D eigenvalue weighted by atomic mass is 10.2. The van der Waals surface area contributed by atoms with Crippen molar-refractivity contribution in [1.82, 2.24) is 10.3 Å². The largest absolute Gasteiger partial charge is 0.397 e. The maximum absolute atomic E-state index is 11.3. The Balaban J connectivity index is 1.90. The molecule has 0 fully saturated rings. The summed E-state index contributed by atoms with van der Waals surface area (Å²) in [4.78, 5) is 4.52. The highest BCUT2D eigenvalue weighted by Gasteiger charge is 2.05. The minimum atomic E-state index is -3.13. The molecule has 0 atom stereocenters.